The summed E-state index contributed by atoms with van der Waals surface area (Å²) in [6, 6.07) is 10.4. The van der Waals surface area contributed by atoms with Gasteiger partial charge in [-0.3, -0.25) is 0 Å². The second kappa shape index (κ2) is 5.58. The Morgan fingerprint density at radius 1 is 1.23 bits per heavy atom. The largest absolute Gasteiger partial charge is 0.0771 e. The highest BCUT2D eigenvalue weighted by Gasteiger charge is 1.93. The molecule has 1 aromatic carbocycles. The monoisotopic (exact) mass is 173 g/mol. The smallest absolute Gasteiger partial charge is 0.00549 e. The second-order valence-electron chi connectivity index (χ2n) is 3.34. The molecule has 0 aliphatic heterocycles. The van der Waals surface area contributed by atoms with Gasteiger partial charge in [-0.25, -0.2) is 0 Å². The molecule has 0 saturated carbocycles. The molecule has 0 nitrogen and oxygen atoms in total. The number of hydrogen-bond donors (Lipinski definition) is 0. The SMILES string of the molecule is CCC[C](C)C=Cc1ccccc1. The predicted molar refractivity (Wildman–Crippen MR) is 59.3 cm³/mol. The molecule has 1 radical (unpaired) electrons. The van der Waals surface area contributed by atoms with Crippen LogP contribution < -0.4 is 0 Å². The molecule has 0 aliphatic rings. The minimum Gasteiger partial charge on any atom is -0.0771 e. The van der Waals surface area contributed by atoms with Crippen molar-refractivity contribution in [2.45, 2.75) is 26.7 Å². The van der Waals surface area contributed by atoms with Gasteiger partial charge in [-0.2, -0.15) is 0 Å². The van der Waals surface area contributed by atoms with Gasteiger partial charge in [0, 0.05) is 0 Å². The first-order valence-electron chi connectivity index (χ1n) is 4.88. The fraction of sp³-hybridized carbons (Fsp3) is 0.308. The third kappa shape index (κ3) is 3.93. The van der Waals surface area contributed by atoms with E-state index in [1.165, 1.54) is 24.3 Å². The maximum Gasteiger partial charge on any atom is -0.00549 e. The van der Waals surface area contributed by atoms with Gasteiger partial charge in [0.05, 0.1) is 0 Å². The van der Waals surface area contributed by atoms with Crippen LogP contribution in [-0.2, 0) is 0 Å². The van der Waals surface area contributed by atoms with Crippen molar-refractivity contribution in [2.75, 3.05) is 0 Å². The van der Waals surface area contributed by atoms with Crippen LogP contribution >= 0.6 is 0 Å². The van der Waals surface area contributed by atoms with Crippen molar-refractivity contribution in [1.82, 2.24) is 0 Å². The van der Waals surface area contributed by atoms with Crippen molar-refractivity contribution in [2.24, 2.45) is 0 Å². The number of benzene rings is 1. The first kappa shape index (κ1) is 10.0. The Morgan fingerprint density at radius 3 is 2.54 bits per heavy atom. The summed E-state index contributed by atoms with van der Waals surface area (Å²) in [5.74, 6) is 1.45. The maximum atomic E-state index is 2.21. The zero-order valence-electron chi connectivity index (χ0n) is 8.46. The molecule has 0 fully saturated rings. The molecule has 0 spiro atoms. The molecule has 1 aromatic rings. The van der Waals surface area contributed by atoms with Gasteiger partial charge in [-0.15, -0.1) is 0 Å². The summed E-state index contributed by atoms with van der Waals surface area (Å²) in [6.07, 6.45) is 6.80. The van der Waals surface area contributed by atoms with E-state index in [1.807, 2.05) is 6.07 Å². The molecule has 1 rings (SSSR count). The van der Waals surface area contributed by atoms with Gasteiger partial charge < -0.3 is 0 Å². The van der Waals surface area contributed by atoms with E-state index < -0.39 is 0 Å². The van der Waals surface area contributed by atoms with Gasteiger partial charge in [0.1, 0.15) is 0 Å². The zero-order chi connectivity index (χ0) is 9.52. The molecule has 0 amide bonds. The van der Waals surface area contributed by atoms with E-state index >= 15 is 0 Å². The molecule has 13 heavy (non-hydrogen) atoms. The highest BCUT2D eigenvalue weighted by Crippen LogP contribution is 2.11. The van der Waals surface area contributed by atoms with Gasteiger partial charge >= 0.3 is 0 Å². The van der Waals surface area contributed by atoms with E-state index in [1.54, 1.807) is 0 Å². The summed E-state index contributed by atoms with van der Waals surface area (Å²) in [4.78, 5) is 0. The molecule has 0 unspecified atom stereocenters. The summed E-state index contributed by atoms with van der Waals surface area (Å²) < 4.78 is 0. The maximum absolute atomic E-state index is 2.21. The van der Waals surface area contributed by atoms with Crippen LogP contribution in [0.3, 0.4) is 0 Å². The first-order chi connectivity index (χ1) is 6.33. The molecular formula is C13H17. The van der Waals surface area contributed by atoms with E-state index in [9.17, 15) is 0 Å². The van der Waals surface area contributed by atoms with Crippen LogP contribution in [0, 0.1) is 5.92 Å². The minimum absolute atomic E-state index is 1.20. The topological polar surface area (TPSA) is 0 Å². The molecule has 0 heteroatoms. The molecule has 0 heterocycles. The van der Waals surface area contributed by atoms with Crippen molar-refractivity contribution in [3.8, 4) is 0 Å². The first-order valence-corrected chi connectivity index (χ1v) is 4.88. The quantitative estimate of drug-likeness (QED) is 0.643. The molecule has 0 aliphatic carbocycles. The van der Waals surface area contributed by atoms with E-state index in [4.69, 9.17) is 0 Å². The number of hydrogen-bond acceptors (Lipinski definition) is 0. The van der Waals surface area contributed by atoms with Gasteiger partial charge in [0.2, 0.25) is 0 Å². The summed E-state index contributed by atoms with van der Waals surface area (Å²) in [5, 5.41) is 0. The molecular weight excluding hydrogens is 156 g/mol. The van der Waals surface area contributed by atoms with E-state index in [-0.39, 0.29) is 0 Å². The molecule has 0 atom stereocenters. The average molecular weight is 173 g/mol. The Hall–Kier alpha value is -1.04. The molecule has 0 N–H and O–H groups in total. The molecule has 0 aromatic heterocycles. The zero-order valence-corrected chi connectivity index (χ0v) is 8.46. The van der Waals surface area contributed by atoms with Crippen molar-refractivity contribution in [1.29, 1.82) is 0 Å². The van der Waals surface area contributed by atoms with E-state index in [0.29, 0.717) is 0 Å². The molecule has 69 valence electrons. The lowest BCUT2D eigenvalue weighted by atomic mass is 10.0. The highest BCUT2D eigenvalue weighted by molar-refractivity contribution is 5.51. The van der Waals surface area contributed by atoms with Gasteiger partial charge in [-0.05, 0) is 17.9 Å². The van der Waals surface area contributed by atoms with Crippen LogP contribution in [-0.4, -0.2) is 0 Å². The Labute approximate surface area is 81.3 Å². The molecule has 0 bridgehead atoms. The fourth-order valence-corrected chi connectivity index (χ4v) is 1.28. The lowest BCUT2D eigenvalue weighted by molar-refractivity contribution is 0.844. The Bertz CT molecular complexity index is 246. The number of rotatable bonds is 4. The van der Waals surface area contributed by atoms with Gasteiger partial charge in [0.15, 0.2) is 0 Å². The van der Waals surface area contributed by atoms with Crippen molar-refractivity contribution in [3.05, 3.63) is 47.9 Å². The van der Waals surface area contributed by atoms with Crippen molar-refractivity contribution in [3.63, 3.8) is 0 Å². The predicted octanol–water partition coefficient (Wildman–Crippen LogP) is 4.09. The Morgan fingerprint density at radius 2 is 1.92 bits per heavy atom. The van der Waals surface area contributed by atoms with Crippen molar-refractivity contribution < 1.29 is 0 Å². The van der Waals surface area contributed by atoms with Crippen LogP contribution in [0.4, 0.5) is 0 Å². The second-order valence-corrected chi connectivity index (χ2v) is 3.34. The third-order valence-electron chi connectivity index (χ3n) is 2.00. The fourth-order valence-electron chi connectivity index (χ4n) is 1.28. The average Bonchev–Trinajstić information content (AvgIpc) is 2.17. The van der Waals surface area contributed by atoms with Crippen LogP contribution in [0.5, 0.6) is 0 Å². The summed E-state index contributed by atoms with van der Waals surface area (Å²) in [6.45, 7) is 4.39. The lowest BCUT2D eigenvalue weighted by Crippen LogP contribution is -1.83. The van der Waals surface area contributed by atoms with Crippen molar-refractivity contribution >= 4 is 6.08 Å². The summed E-state index contributed by atoms with van der Waals surface area (Å²) in [7, 11) is 0. The normalized spacial score (nSPS) is 11.3. The van der Waals surface area contributed by atoms with Gasteiger partial charge in [0.25, 0.3) is 0 Å². The van der Waals surface area contributed by atoms with Crippen LogP contribution in [0.15, 0.2) is 36.4 Å². The summed E-state index contributed by atoms with van der Waals surface area (Å²) in [5.41, 5.74) is 1.28. The summed E-state index contributed by atoms with van der Waals surface area (Å²) >= 11 is 0. The van der Waals surface area contributed by atoms with Crippen LogP contribution in [0.1, 0.15) is 32.3 Å². The van der Waals surface area contributed by atoms with E-state index in [2.05, 4.69) is 50.3 Å². The Kier molecular flexibility index (Phi) is 4.31. The Balaban J connectivity index is 2.49. The van der Waals surface area contributed by atoms with Gasteiger partial charge in [-0.1, -0.05) is 62.8 Å². The van der Waals surface area contributed by atoms with Crippen LogP contribution in [0.25, 0.3) is 6.08 Å². The molecule has 0 saturated heterocycles. The number of allylic oxidation sites excluding steroid dienone is 1. The van der Waals surface area contributed by atoms with E-state index in [0.717, 1.165) is 0 Å². The van der Waals surface area contributed by atoms with Crippen LogP contribution in [0.2, 0.25) is 0 Å². The highest BCUT2D eigenvalue weighted by atomic mass is 14.0. The minimum atomic E-state index is 1.20. The third-order valence-corrected chi connectivity index (χ3v) is 2.00. The lowest BCUT2D eigenvalue weighted by Gasteiger charge is -2.01. The standard InChI is InChI=1S/C13H17/c1-3-7-12(2)10-11-13-8-5-4-6-9-13/h4-6,8-11H,3,7H2,1-2H3.